The van der Waals surface area contributed by atoms with E-state index in [0.29, 0.717) is 11.8 Å². The maximum Gasteiger partial charge on any atom is 0.241 e. The van der Waals surface area contributed by atoms with Crippen molar-refractivity contribution in [1.29, 1.82) is 0 Å². The van der Waals surface area contributed by atoms with Crippen LogP contribution in [0.2, 0.25) is 0 Å². The highest BCUT2D eigenvalue weighted by Crippen LogP contribution is 2.21. The molecule has 0 aromatic heterocycles. The molecule has 0 aromatic carbocycles. The molecule has 2 rings (SSSR count). The molecule has 2 aliphatic heterocycles. The predicted octanol–water partition coefficient (Wildman–Crippen LogP) is 1.66. The van der Waals surface area contributed by atoms with Crippen LogP contribution in [0.4, 0.5) is 0 Å². The average molecular weight is 267 g/mol. The van der Waals surface area contributed by atoms with E-state index in [0.717, 1.165) is 32.4 Å². The highest BCUT2D eigenvalue weighted by atomic mass is 16.2. The fraction of sp³-hybridized carbons (Fsp3) is 0.933. The summed E-state index contributed by atoms with van der Waals surface area (Å²) in [6.07, 6.45) is 6.02. The first kappa shape index (κ1) is 14.8. The first-order valence-electron chi connectivity index (χ1n) is 7.87. The second kappa shape index (κ2) is 6.71. The normalized spacial score (nSPS) is 33.1. The van der Waals surface area contributed by atoms with E-state index in [1.807, 2.05) is 0 Å². The number of unbranched alkanes of at least 4 members (excludes halogenated alkanes) is 1. The maximum atomic E-state index is 12.4. The lowest BCUT2D eigenvalue weighted by Crippen LogP contribution is -2.43. The molecule has 0 bridgehead atoms. The standard InChI is InChI=1S/C15H29N3O/c1-4-5-8-14-15(19)18(12(2)16-14)11-13-7-6-9-17(3)10-13/h12-14,16H,4-11H2,1-3H3. The molecule has 4 nitrogen and oxygen atoms in total. The molecule has 2 fully saturated rings. The summed E-state index contributed by atoms with van der Waals surface area (Å²) < 4.78 is 0. The molecule has 0 aliphatic carbocycles. The van der Waals surface area contributed by atoms with E-state index in [9.17, 15) is 4.79 Å². The van der Waals surface area contributed by atoms with Crippen LogP contribution in [-0.4, -0.2) is 54.6 Å². The van der Waals surface area contributed by atoms with Gasteiger partial charge in [-0.1, -0.05) is 19.8 Å². The van der Waals surface area contributed by atoms with Crippen LogP contribution in [0, 0.1) is 5.92 Å². The van der Waals surface area contributed by atoms with Crippen molar-refractivity contribution >= 4 is 5.91 Å². The van der Waals surface area contributed by atoms with Gasteiger partial charge in [-0.15, -0.1) is 0 Å². The van der Waals surface area contributed by atoms with Crippen LogP contribution in [0.1, 0.15) is 46.0 Å². The van der Waals surface area contributed by atoms with E-state index in [1.54, 1.807) is 0 Å². The van der Waals surface area contributed by atoms with Gasteiger partial charge < -0.3 is 9.80 Å². The van der Waals surface area contributed by atoms with Gasteiger partial charge in [0.05, 0.1) is 12.2 Å². The summed E-state index contributed by atoms with van der Waals surface area (Å²) in [6, 6.07) is 0.0660. The molecule has 0 saturated carbocycles. The molecule has 0 spiro atoms. The minimum absolute atomic E-state index is 0.0660. The second-order valence-electron chi connectivity index (χ2n) is 6.30. The zero-order chi connectivity index (χ0) is 13.8. The summed E-state index contributed by atoms with van der Waals surface area (Å²) in [5.41, 5.74) is 0. The number of hydrogen-bond acceptors (Lipinski definition) is 3. The van der Waals surface area contributed by atoms with Crippen molar-refractivity contribution in [3.63, 3.8) is 0 Å². The number of hydrogen-bond donors (Lipinski definition) is 1. The summed E-state index contributed by atoms with van der Waals surface area (Å²) in [5, 5.41) is 3.45. The Labute approximate surface area is 117 Å². The number of carbonyl (C=O) groups is 1. The highest BCUT2D eigenvalue weighted by Gasteiger charge is 2.37. The van der Waals surface area contributed by atoms with Crippen LogP contribution in [0.25, 0.3) is 0 Å². The van der Waals surface area contributed by atoms with Gasteiger partial charge in [0, 0.05) is 13.1 Å². The molecular weight excluding hydrogens is 238 g/mol. The number of piperidine rings is 1. The Morgan fingerprint density at radius 3 is 2.89 bits per heavy atom. The molecule has 2 aliphatic rings. The van der Waals surface area contributed by atoms with Gasteiger partial charge in [0.15, 0.2) is 0 Å². The Balaban J connectivity index is 1.87. The highest BCUT2D eigenvalue weighted by molar-refractivity contribution is 5.84. The van der Waals surface area contributed by atoms with Gasteiger partial charge in [0.1, 0.15) is 0 Å². The summed E-state index contributed by atoms with van der Waals surface area (Å²) in [6.45, 7) is 7.57. The molecular formula is C15H29N3O. The first-order valence-corrected chi connectivity index (χ1v) is 7.87. The predicted molar refractivity (Wildman–Crippen MR) is 77.8 cm³/mol. The van der Waals surface area contributed by atoms with Gasteiger partial charge in [-0.05, 0) is 45.7 Å². The van der Waals surface area contributed by atoms with Crippen molar-refractivity contribution in [1.82, 2.24) is 15.1 Å². The van der Waals surface area contributed by atoms with Gasteiger partial charge >= 0.3 is 0 Å². The largest absolute Gasteiger partial charge is 0.326 e. The summed E-state index contributed by atoms with van der Waals surface area (Å²) in [5.74, 6) is 0.978. The minimum Gasteiger partial charge on any atom is -0.326 e. The molecule has 2 heterocycles. The third-order valence-electron chi connectivity index (χ3n) is 4.51. The maximum absolute atomic E-state index is 12.4. The zero-order valence-corrected chi connectivity index (χ0v) is 12.7. The lowest BCUT2D eigenvalue weighted by atomic mass is 9.97. The zero-order valence-electron chi connectivity index (χ0n) is 12.7. The summed E-state index contributed by atoms with van der Waals surface area (Å²) >= 11 is 0. The number of rotatable bonds is 5. The van der Waals surface area contributed by atoms with E-state index in [-0.39, 0.29) is 12.2 Å². The van der Waals surface area contributed by atoms with Crippen LogP contribution < -0.4 is 5.32 Å². The number of carbonyl (C=O) groups excluding carboxylic acids is 1. The van der Waals surface area contributed by atoms with Gasteiger partial charge in [-0.3, -0.25) is 10.1 Å². The van der Waals surface area contributed by atoms with Gasteiger partial charge in [0.25, 0.3) is 0 Å². The smallest absolute Gasteiger partial charge is 0.241 e. The third-order valence-corrected chi connectivity index (χ3v) is 4.51. The number of nitrogens with zero attached hydrogens (tertiary/aromatic N) is 2. The summed E-state index contributed by atoms with van der Waals surface area (Å²) in [7, 11) is 2.18. The molecule has 4 heteroatoms. The minimum atomic E-state index is 0.0660. The molecule has 0 radical (unpaired) electrons. The van der Waals surface area contributed by atoms with Crippen molar-refractivity contribution < 1.29 is 4.79 Å². The van der Waals surface area contributed by atoms with Crippen molar-refractivity contribution in [3.05, 3.63) is 0 Å². The van der Waals surface area contributed by atoms with Crippen molar-refractivity contribution in [3.8, 4) is 0 Å². The van der Waals surface area contributed by atoms with Crippen LogP contribution in [0.5, 0.6) is 0 Å². The van der Waals surface area contributed by atoms with Crippen LogP contribution in [-0.2, 0) is 4.79 Å². The van der Waals surface area contributed by atoms with Gasteiger partial charge in [-0.25, -0.2) is 0 Å². The summed E-state index contributed by atoms with van der Waals surface area (Å²) in [4.78, 5) is 16.9. The topological polar surface area (TPSA) is 35.6 Å². The quantitative estimate of drug-likeness (QED) is 0.823. The Morgan fingerprint density at radius 2 is 2.21 bits per heavy atom. The molecule has 3 atom stereocenters. The Bertz CT molecular complexity index is 308. The lowest BCUT2D eigenvalue weighted by molar-refractivity contribution is -0.130. The molecule has 1 N–H and O–H groups in total. The fourth-order valence-corrected chi connectivity index (χ4v) is 3.41. The molecule has 19 heavy (non-hydrogen) atoms. The molecule has 1 amide bonds. The van der Waals surface area contributed by atoms with Crippen LogP contribution in [0.3, 0.4) is 0 Å². The lowest BCUT2D eigenvalue weighted by Gasteiger charge is -2.33. The third kappa shape index (κ3) is 3.69. The molecule has 0 aromatic rings. The van der Waals surface area contributed by atoms with E-state index >= 15 is 0 Å². The van der Waals surface area contributed by atoms with Gasteiger partial charge in [0.2, 0.25) is 5.91 Å². The SMILES string of the molecule is CCCCC1NC(C)N(CC2CCCN(C)C2)C1=O. The Kier molecular flexibility index (Phi) is 5.22. The van der Waals surface area contributed by atoms with Crippen molar-refractivity contribution in [2.45, 2.75) is 58.2 Å². The van der Waals surface area contributed by atoms with Crippen molar-refractivity contribution in [2.24, 2.45) is 5.92 Å². The average Bonchev–Trinajstić information content (AvgIpc) is 2.64. The van der Waals surface area contributed by atoms with Gasteiger partial charge in [-0.2, -0.15) is 0 Å². The molecule has 110 valence electrons. The number of amides is 1. The Hall–Kier alpha value is -0.610. The van der Waals surface area contributed by atoms with E-state index in [1.165, 1.54) is 19.4 Å². The van der Waals surface area contributed by atoms with E-state index in [2.05, 4.69) is 36.0 Å². The monoisotopic (exact) mass is 267 g/mol. The van der Waals surface area contributed by atoms with Crippen LogP contribution in [0.15, 0.2) is 0 Å². The molecule has 3 unspecified atom stereocenters. The van der Waals surface area contributed by atoms with E-state index < -0.39 is 0 Å². The van der Waals surface area contributed by atoms with Crippen molar-refractivity contribution in [2.75, 3.05) is 26.7 Å². The second-order valence-corrected chi connectivity index (χ2v) is 6.30. The Morgan fingerprint density at radius 1 is 1.42 bits per heavy atom. The number of likely N-dealkylation sites (tertiary alicyclic amines) is 1. The molecule has 2 saturated heterocycles. The van der Waals surface area contributed by atoms with E-state index in [4.69, 9.17) is 0 Å². The first-order chi connectivity index (χ1) is 9.11. The fourth-order valence-electron chi connectivity index (χ4n) is 3.41. The van der Waals surface area contributed by atoms with Crippen LogP contribution >= 0.6 is 0 Å². The number of nitrogens with one attached hydrogen (secondary N) is 1.